The number of sulfonamides is 1. The molecule has 1 aliphatic carbocycles. The van der Waals surface area contributed by atoms with E-state index in [9.17, 15) is 13.2 Å². The van der Waals surface area contributed by atoms with Crippen LogP contribution in [-0.2, 0) is 27.7 Å². The van der Waals surface area contributed by atoms with Crippen molar-refractivity contribution in [3.8, 4) is 0 Å². The maximum absolute atomic E-state index is 12.9. The summed E-state index contributed by atoms with van der Waals surface area (Å²) >= 11 is 0. The van der Waals surface area contributed by atoms with Crippen LogP contribution in [-0.4, -0.2) is 31.7 Å². The van der Waals surface area contributed by atoms with Crippen molar-refractivity contribution in [3.05, 3.63) is 65.2 Å². The maximum atomic E-state index is 12.9. The molecule has 4 rings (SSSR count). The van der Waals surface area contributed by atoms with Crippen LogP contribution in [0.25, 0.3) is 0 Å². The van der Waals surface area contributed by atoms with E-state index in [4.69, 9.17) is 0 Å². The molecule has 1 saturated heterocycles. The molecule has 0 spiro atoms. The summed E-state index contributed by atoms with van der Waals surface area (Å²) in [4.78, 5) is 12.9. The second kappa shape index (κ2) is 9.96. The minimum absolute atomic E-state index is 0.0444. The molecule has 2 aliphatic rings. The smallest absolute Gasteiger partial charge is 0.243 e. The molecule has 1 fully saturated rings. The Bertz CT molecular complexity index is 994. The van der Waals surface area contributed by atoms with Gasteiger partial charge in [0.1, 0.15) is 0 Å². The number of fused-ring (bicyclic) bond motifs is 1. The van der Waals surface area contributed by atoms with Crippen LogP contribution in [0.3, 0.4) is 0 Å². The van der Waals surface area contributed by atoms with Crippen LogP contribution in [0.2, 0.25) is 0 Å². The van der Waals surface area contributed by atoms with E-state index < -0.39 is 10.0 Å². The number of nitrogens with zero attached hydrogens (tertiary/aromatic N) is 1. The van der Waals surface area contributed by atoms with E-state index in [0.29, 0.717) is 30.8 Å². The highest BCUT2D eigenvalue weighted by molar-refractivity contribution is 7.89. The van der Waals surface area contributed by atoms with E-state index in [0.717, 1.165) is 50.5 Å². The van der Waals surface area contributed by atoms with Crippen molar-refractivity contribution in [2.24, 2.45) is 0 Å². The highest BCUT2D eigenvalue weighted by Gasteiger charge is 2.25. The Balaban J connectivity index is 1.33. The third-order valence-electron chi connectivity index (χ3n) is 6.47. The van der Waals surface area contributed by atoms with Crippen LogP contribution in [0.15, 0.2) is 53.4 Å². The summed E-state index contributed by atoms with van der Waals surface area (Å²) in [6, 6.07) is 15.5. The fourth-order valence-electron chi connectivity index (χ4n) is 4.69. The summed E-state index contributed by atoms with van der Waals surface area (Å²) in [6.45, 7) is 1.21. The summed E-state index contributed by atoms with van der Waals surface area (Å²) in [7, 11) is -3.43. The molecule has 1 atom stereocenters. The largest absolute Gasteiger partial charge is 0.349 e. The zero-order valence-electron chi connectivity index (χ0n) is 18.1. The Labute approximate surface area is 185 Å². The summed E-state index contributed by atoms with van der Waals surface area (Å²) in [5.41, 5.74) is 3.56. The summed E-state index contributed by atoms with van der Waals surface area (Å²) in [5, 5.41) is 3.19. The summed E-state index contributed by atoms with van der Waals surface area (Å²) < 4.78 is 27.4. The number of aryl methyl sites for hydroxylation is 2. The Kier molecular flexibility index (Phi) is 7.08. The van der Waals surface area contributed by atoms with E-state index >= 15 is 0 Å². The highest BCUT2D eigenvalue weighted by atomic mass is 32.2. The molecule has 0 saturated carbocycles. The van der Waals surface area contributed by atoms with Gasteiger partial charge in [0.15, 0.2) is 0 Å². The zero-order valence-corrected chi connectivity index (χ0v) is 18.9. The molecule has 1 N–H and O–H groups in total. The number of nitrogens with one attached hydrogen (secondary N) is 1. The number of benzene rings is 2. The van der Waals surface area contributed by atoms with Crippen molar-refractivity contribution in [2.75, 3.05) is 13.1 Å². The maximum Gasteiger partial charge on any atom is 0.243 e. The third kappa shape index (κ3) is 5.36. The fraction of sp³-hybridized carbons (Fsp3) is 0.480. The van der Waals surface area contributed by atoms with Gasteiger partial charge in [-0.1, -0.05) is 49.2 Å². The lowest BCUT2D eigenvalue weighted by molar-refractivity contribution is -0.121. The Hall–Kier alpha value is -2.18. The molecule has 1 aliphatic heterocycles. The van der Waals surface area contributed by atoms with Crippen LogP contribution >= 0.6 is 0 Å². The number of hydrogen-bond donors (Lipinski definition) is 1. The predicted molar refractivity (Wildman–Crippen MR) is 122 cm³/mol. The first-order valence-electron chi connectivity index (χ1n) is 11.5. The van der Waals surface area contributed by atoms with Crippen LogP contribution in [0.1, 0.15) is 67.7 Å². The van der Waals surface area contributed by atoms with Gasteiger partial charge in [0.2, 0.25) is 15.9 Å². The van der Waals surface area contributed by atoms with Gasteiger partial charge in [-0.2, -0.15) is 4.31 Å². The Morgan fingerprint density at radius 2 is 1.65 bits per heavy atom. The normalized spacial score (nSPS) is 19.9. The monoisotopic (exact) mass is 440 g/mol. The van der Waals surface area contributed by atoms with Crippen LogP contribution in [0.5, 0.6) is 0 Å². The first kappa shape index (κ1) is 22.0. The number of rotatable bonds is 6. The molecule has 2 aromatic rings. The van der Waals surface area contributed by atoms with Crippen molar-refractivity contribution < 1.29 is 13.2 Å². The first-order chi connectivity index (χ1) is 15.0. The lowest BCUT2D eigenvalue weighted by Crippen LogP contribution is -2.32. The number of hydrogen-bond acceptors (Lipinski definition) is 3. The molecule has 0 aromatic heterocycles. The molecular formula is C25H32N2O3S. The van der Waals surface area contributed by atoms with Crippen molar-refractivity contribution in [2.45, 2.75) is 68.7 Å². The fourth-order valence-corrected chi connectivity index (χ4v) is 6.20. The van der Waals surface area contributed by atoms with Gasteiger partial charge in [-0.15, -0.1) is 0 Å². The molecule has 1 amide bonds. The van der Waals surface area contributed by atoms with E-state index in [-0.39, 0.29) is 11.9 Å². The highest BCUT2D eigenvalue weighted by Crippen LogP contribution is 2.29. The molecule has 0 radical (unpaired) electrons. The average molecular weight is 441 g/mol. The standard InChI is InChI=1S/C25H32N2O3S/c28-25(26-24-11-7-9-21-8-3-4-10-23(21)24)17-14-20-12-15-22(16-13-20)31(29,30)27-18-5-1-2-6-19-27/h3-4,8,10,12-13,15-16,24H,1-2,5-7,9,11,14,17-19H2,(H,26,28). The number of amides is 1. The van der Waals surface area contributed by atoms with Crippen molar-refractivity contribution in [3.63, 3.8) is 0 Å². The van der Waals surface area contributed by atoms with Gasteiger partial charge in [0.05, 0.1) is 10.9 Å². The van der Waals surface area contributed by atoms with Gasteiger partial charge in [-0.3, -0.25) is 4.79 Å². The van der Waals surface area contributed by atoms with E-state index in [1.165, 1.54) is 11.1 Å². The molecule has 6 heteroatoms. The van der Waals surface area contributed by atoms with Crippen molar-refractivity contribution >= 4 is 15.9 Å². The lowest BCUT2D eigenvalue weighted by atomic mass is 9.87. The number of carbonyl (C=O) groups is 1. The van der Waals surface area contributed by atoms with Crippen LogP contribution in [0.4, 0.5) is 0 Å². The molecule has 1 unspecified atom stereocenters. The number of carbonyl (C=O) groups excluding carboxylic acids is 1. The molecule has 166 valence electrons. The van der Waals surface area contributed by atoms with Crippen molar-refractivity contribution in [1.82, 2.24) is 9.62 Å². The van der Waals surface area contributed by atoms with E-state index in [1.54, 1.807) is 16.4 Å². The van der Waals surface area contributed by atoms with Gasteiger partial charge >= 0.3 is 0 Å². The van der Waals surface area contributed by atoms with Gasteiger partial charge in [0, 0.05) is 19.5 Å². The molecular weight excluding hydrogens is 408 g/mol. The van der Waals surface area contributed by atoms with E-state index in [1.807, 2.05) is 18.2 Å². The van der Waals surface area contributed by atoms with Crippen molar-refractivity contribution in [1.29, 1.82) is 0 Å². The molecule has 2 aromatic carbocycles. The van der Waals surface area contributed by atoms with Crippen LogP contribution in [0, 0.1) is 0 Å². The average Bonchev–Trinajstić information content (AvgIpc) is 3.09. The first-order valence-corrected chi connectivity index (χ1v) is 12.9. The SMILES string of the molecule is O=C(CCc1ccc(S(=O)(=O)N2CCCCCC2)cc1)NC1CCCc2ccccc21. The summed E-state index contributed by atoms with van der Waals surface area (Å²) in [5.74, 6) is 0.0444. The van der Waals surface area contributed by atoms with Gasteiger partial charge in [0.25, 0.3) is 0 Å². The second-order valence-electron chi connectivity index (χ2n) is 8.67. The van der Waals surface area contributed by atoms with Crippen LogP contribution < -0.4 is 5.32 Å². The van der Waals surface area contributed by atoms with E-state index in [2.05, 4.69) is 23.5 Å². The second-order valence-corrected chi connectivity index (χ2v) is 10.6. The lowest BCUT2D eigenvalue weighted by Gasteiger charge is -2.26. The molecule has 1 heterocycles. The minimum atomic E-state index is -3.43. The topological polar surface area (TPSA) is 66.5 Å². The Morgan fingerprint density at radius 1 is 0.935 bits per heavy atom. The molecule has 5 nitrogen and oxygen atoms in total. The predicted octanol–water partition coefficient (Wildman–Crippen LogP) is 4.38. The molecule has 0 bridgehead atoms. The third-order valence-corrected chi connectivity index (χ3v) is 8.38. The van der Waals surface area contributed by atoms with Gasteiger partial charge < -0.3 is 5.32 Å². The quantitative estimate of drug-likeness (QED) is 0.725. The van der Waals surface area contributed by atoms with Gasteiger partial charge in [-0.25, -0.2) is 8.42 Å². The Morgan fingerprint density at radius 3 is 2.39 bits per heavy atom. The zero-order chi connectivity index (χ0) is 21.7. The minimum Gasteiger partial charge on any atom is -0.349 e. The molecule has 31 heavy (non-hydrogen) atoms. The van der Waals surface area contributed by atoms with Gasteiger partial charge in [-0.05, 0) is 67.3 Å². The summed E-state index contributed by atoms with van der Waals surface area (Å²) in [6.07, 6.45) is 8.20.